The standard InChI is InChI=1S/C13H23NO3S/c1-4-18-8-7-9(2)14(3)12(15)10-5-6-11(10)13(16)17/h9-11H,4-8H2,1-3H3,(H,16,17). The normalized spacial score (nSPS) is 24.2. The molecule has 5 heteroatoms. The van der Waals surface area contributed by atoms with Crippen molar-refractivity contribution in [2.75, 3.05) is 18.6 Å². The smallest absolute Gasteiger partial charge is 0.307 e. The van der Waals surface area contributed by atoms with Gasteiger partial charge in [-0.05, 0) is 37.7 Å². The van der Waals surface area contributed by atoms with Gasteiger partial charge in [0.15, 0.2) is 0 Å². The van der Waals surface area contributed by atoms with Crippen molar-refractivity contribution in [1.82, 2.24) is 4.90 Å². The van der Waals surface area contributed by atoms with Crippen molar-refractivity contribution >= 4 is 23.6 Å². The van der Waals surface area contributed by atoms with Crippen LogP contribution < -0.4 is 0 Å². The van der Waals surface area contributed by atoms with Gasteiger partial charge < -0.3 is 10.0 Å². The summed E-state index contributed by atoms with van der Waals surface area (Å²) in [5.74, 6) is 0.548. The number of carboxylic acid groups (broad SMARTS) is 1. The van der Waals surface area contributed by atoms with E-state index >= 15 is 0 Å². The minimum Gasteiger partial charge on any atom is -0.481 e. The largest absolute Gasteiger partial charge is 0.481 e. The molecule has 0 heterocycles. The lowest BCUT2D eigenvalue weighted by Crippen LogP contribution is -2.47. The van der Waals surface area contributed by atoms with Crippen LogP contribution in [0.25, 0.3) is 0 Å². The predicted molar refractivity (Wildman–Crippen MR) is 73.7 cm³/mol. The van der Waals surface area contributed by atoms with E-state index in [1.54, 1.807) is 11.9 Å². The number of thioether (sulfide) groups is 1. The maximum absolute atomic E-state index is 12.2. The topological polar surface area (TPSA) is 57.6 Å². The number of amides is 1. The van der Waals surface area contributed by atoms with E-state index in [1.165, 1.54) is 0 Å². The first-order valence-corrected chi connectivity index (χ1v) is 7.71. The van der Waals surface area contributed by atoms with Gasteiger partial charge in [0.2, 0.25) is 5.91 Å². The zero-order valence-corrected chi connectivity index (χ0v) is 12.2. The molecular weight excluding hydrogens is 250 g/mol. The summed E-state index contributed by atoms with van der Waals surface area (Å²) in [4.78, 5) is 24.8. The van der Waals surface area contributed by atoms with E-state index in [2.05, 4.69) is 6.92 Å². The van der Waals surface area contributed by atoms with Gasteiger partial charge in [-0.15, -0.1) is 0 Å². The summed E-state index contributed by atoms with van der Waals surface area (Å²) >= 11 is 1.87. The molecule has 0 spiro atoms. The molecule has 1 aliphatic carbocycles. The molecule has 0 saturated heterocycles. The minimum atomic E-state index is -0.831. The lowest BCUT2D eigenvalue weighted by atomic mass is 9.73. The second-order valence-electron chi connectivity index (χ2n) is 4.91. The summed E-state index contributed by atoms with van der Waals surface area (Å²) in [6.07, 6.45) is 2.32. The average molecular weight is 273 g/mol. The van der Waals surface area contributed by atoms with Crippen LogP contribution in [0.2, 0.25) is 0 Å². The number of hydrogen-bond donors (Lipinski definition) is 1. The van der Waals surface area contributed by atoms with Crippen LogP contribution in [0.5, 0.6) is 0 Å². The van der Waals surface area contributed by atoms with Crippen LogP contribution in [-0.4, -0.2) is 46.5 Å². The summed E-state index contributed by atoms with van der Waals surface area (Å²) < 4.78 is 0. The van der Waals surface area contributed by atoms with Crippen LogP contribution in [-0.2, 0) is 9.59 Å². The highest BCUT2D eigenvalue weighted by Crippen LogP contribution is 2.36. The van der Waals surface area contributed by atoms with Crippen LogP contribution in [0.4, 0.5) is 0 Å². The lowest BCUT2D eigenvalue weighted by molar-refractivity contribution is -0.156. The molecule has 0 radical (unpaired) electrons. The molecule has 0 aromatic heterocycles. The van der Waals surface area contributed by atoms with Gasteiger partial charge in [0.1, 0.15) is 0 Å². The lowest BCUT2D eigenvalue weighted by Gasteiger charge is -2.37. The van der Waals surface area contributed by atoms with Crippen molar-refractivity contribution in [2.24, 2.45) is 11.8 Å². The van der Waals surface area contributed by atoms with Gasteiger partial charge in [0.25, 0.3) is 0 Å². The second-order valence-corrected chi connectivity index (χ2v) is 6.31. The number of aliphatic carboxylic acids is 1. The van der Waals surface area contributed by atoms with Gasteiger partial charge in [0.05, 0.1) is 11.8 Å². The van der Waals surface area contributed by atoms with Crippen molar-refractivity contribution in [2.45, 2.75) is 39.2 Å². The van der Waals surface area contributed by atoms with Crippen molar-refractivity contribution in [3.63, 3.8) is 0 Å². The summed E-state index contributed by atoms with van der Waals surface area (Å²) in [5.41, 5.74) is 0. The molecule has 0 aliphatic heterocycles. The van der Waals surface area contributed by atoms with Crippen LogP contribution in [0.1, 0.15) is 33.1 Å². The van der Waals surface area contributed by atoms with Gasteiger partial charge in [-0.1, -0.05) is 6.92 Å². The summed E-state index contributed by atoms with van der Waals surface area (Å²) in [7, 11) is 1.79. The first-order chi connectivity index (χ1) is 8.49. The Kier molecular flexibility index (Phi) is 5.99. The molecule has 18 heavy (non-hydrogen) atoms. The molecular formula is C13H23NO3S. The average Bonchev–Trinajstić information content (AvgIpc) is 2.25. The zero-order chi connectivity index (χ0) is 13.7. The number of nitrogens with zero attached hydrogens (tertiary/aromatic N) is 1. The fourth-order valence-corrected chi connectivity index (χ4v) is 2.96. The molecule has 0 bridgehead atoms. The molecule has 1 aliphatic rings. The Morgan fingerprint density at radius 1 is 1.39 bits per heavy atom. The van der Waals surface area contributed by atoms with E-state index in [0.717, 1.165) is 24.3 Å². The fourth-order valence-electron chi connectivity index (χ4n) is 2.16. The van der Waals surface area contributed by atoms with E-state index in [0.29, 0.717) is 6.42 Å². The number of hydrogen-bond acceptors (Lipinski definition) is 3. The molecule has 4 nitrogen and oxygen atoms in total. The third-order valence-corrected chi connectivity index (χ3v) is 4.73. The van der Waals surface area contributed by atoms with E-state index in [-0.39, 0.29) is 17.9 Å². The Morgan fingerprint density at radius 3 is 2.44 bits per heavy atom. The van der Waals surface area contributed by atoms with Crippen LogP contribution in [0.3, 0.4) is 0 Å². The number of carbonyl (C=O) groups excluding carboxylic acids is 1. The third-order valence-electron chi connectivity index (χ3n) is 3.80. The second kappa shape index (κ2) is 7.02. The monoisotopic (exact) mass is 273 g/mol. The van der Waals surface area contributed by atoms with E-state index in [1.807, 2.05) is 18.7 Å². The van der Waals surface area contributed by atoms with E-state index in [4.69, 9.17) is 5.11 Å². The predicted octanol–water partition coefficient (Wildman–Crippen LogP) is 2.09. The van der Waals surface area contributed by atoms with Crippen LogP contribution in [0.15, 0.2) is 0 Å². The Balaban J connectivity index is 2.43. The highest BCUT2D eigenvalue weighted by molar-refractivity contribution is 7.99. The molecule has 0 aromatic rings. The first kappa shape index (κ1) is 15.3. The summed E-state index contributed by atoms with van der Waals surface area (Å²) in [6.45, 7) is 4.15. The van der Waals surface area contributed by atoms with E-state index < -0.39 is 11.9 Å². The van der Waals surface area contributed by atoms with Gasteiger partial charge in [-0.2, -0.15) is 11.8 Å². The molecule has 1 amide bonds. The minimum absolute atomic E-state index is 0.00245. The highest BCUT2D eigenvalue weighted by Gasteiger charge is 2.43. The fraction of sp³-hybridized carbons (Fsp3) is 0.846. The zero-order valence-electron chi connectivity index (χ0n) is 11.4. The van der Waals surface area contributed by atoms with Gasteiger partial charge >= 0.3 is 5.97 Å². The summed E-state index contributed by atoms with van der Waals surface area (Å²) in [6, 6.07) is 0.187. The molecule has 104 valence electrons. The molecule has 3 atom stereocenters. The van der Waals surface area contributed by atoms with Crippen molar-refractivity contribution in [1.29, 1.82) is 0 Å². The first-order valence-electron chi connectivity index (χ1n) is 6.56. The molecule has 1 rings (SSSR count). The third kappa shape index (κ3) is 3.64. The van der Waals surface area contributed by atoms with Crippen LogP contribution >= 0.6 is 11.8 Å². The van der Waals surface area contributed by atoms with Crippen LogP contribution in [0, 0.1) is 11.8 Å². The molecule has 1 fully saturated rings. The maximum atomic E-state index is 12.2. The molecule has 3 unspecified atom stereocenters. The Bertz CT molecular complexity index is 309. The van der Waals surface area contributed by atoms with Gasteiger partial charge in [-0.3, -0.25) is 9.59 Å². The quantitative estimate of drug-likeness (QED) is 0.722. The number of carboxylic acids is 1. The Labute approximate surface area is 113 Å². The van der Waals surface area contributed by atoms with Crippen molar-refractivity contribution in [3.8, 4) is 0 Å². The van der Waals surface area contributed by atoms with Crippen molar-refractivity contribution in [3.05, 3.63) is 0 Å². The molecule has 0 aromatic carbocycles. The Morgan fingerprint density at radius 2 is 2.00 bits per heavy atom. The van der Waals surface area contributed by atoms with Crippen molar-refractivity contribution < 1.29 is 14.7 Å². The molecule has 1 N–H and O–H groups in total. The molecule has 1 saturated carbocycles. The number of carbonyl (C=O) groups is 2. The van der Waals surface area contributed by atoms with E-state index in [9.17, 15) is 9.59 Å². The highest BCUT2D eigenvalue weighted by atomic mass is 32.2. The van der Waals surface area contributed by atoms with Gasteiger partial charge in [-0.25, -0.2) is 0 Å². The summed E-state index contributed by atoms with van der Waals surface area (Å²) in [5, 5.41) is 8.97. The SMILES string of the molecule is CCSCCC(C)N(C)C(=O)C1CCC1C(=O)O. The Hall–Kier alpha value is -0.710. The number of rotatable bonds is 7. The maximum Gasteiger partial charge on any atom is 0.307 e. The van der Waals surface area contributed by atoms with Gasteiger partial charge in [0, 0.05) is 13.1 Å².